The molecule has 3 heterocycles. The fourth-order valence-electron chi connectivity index (χ4n) is 4.55. The van der Waals surface area contributed by atoms with Crippen LogP contribution in [-0.4, -0.2) is 28.5 Å². The molecule has 0 unspecified atom stereocenters. The van der Waals surface area contributed by atoms with Gasteiger partial charge in [0.05, 0.1) is 23.7 Å². The molecule has 1 N–H and O–H groups in total. The first-order valence-electron chi connectivity index (χ1n) is 12.1. The van der Waals surface area contributed by atoms with Crippen molar-refractivity contribution in [1.82, 2.24) is 14.9 Å². The van der Waals surface area contributed by atoms with Crippen LogP contribution >= 0.6 is 11.3 Å². The molecule has 1 saturated heterocycles. The van der Waals surface area contributed by atoms with E-state index in [1.165, 1.54) is 11.3 Å². The second kappa shape index (κ2) is 10.3. The molecule has 1 aliphatic heterocycles. The molecule has 0 saturated carbocycles. The lowest BCUT2D eigenvalue weighted by Crippen LogP contribution is -2.36. The molecule has 1 amide bonds. The molecule has 8 heteroatoms. The van der Waals surface area contributed by atoms with E-state index in [2.05, 4.69) is 16.3 Å². The van der Waals surface area contributed by atoms with Crippen LogP contribution in [0.2, 0.25) is 0 Å². The Kier molecular flexibility index (Phi) is 6.83. The number of carbonyl (C=O) groups is 1. The minimum absolute atomic E-state index is 0.184. The minimum atomic E-state index is -0.245. The van der Waals surface area contributed by atoms with Gasteiger partial charge < -0.3 is 10.2 Å². The van der Waals surface area contributed by atoms with Crippen molar-refractivity contribution < 1.29 is 4.79 Å². The molecule has 4 aromatic rings. The van der Waals surface area contributed by atoms with E-state index in [1.54, 1.807) is 16.0 Å². The van der Waals surface area contributed by atoms with Gasteiger partial charge in [0.15, 0.2) is 0 Å². The summed E-state index contributed by atoms with van der Waals surface area (Å²) in [5, 5.41) is 14.3. The van der Waals surface area contributed by atoms with E-state index in [-0.39, 0.29) is 18.0 Å². The van der Waals surface area contributed by atoms with Crippen LogP contribution in [0.4, 0.5) is 5.95 Å². The van der Waals surface area contributed by atoms with Gasteiger partial charge in [0.25, 0.3) is 11.5 Å². The van der Waals surface area contributed by atoms with Crippen molar-refractivity contribution in [1.29, 1.82) is 5.26 Å². The fourth-order valence-corrected chi connectivity index (χ4v) is 5.48. The summed E-state index contributed by atoms with van der Waals surface area (Å²) in [4.78, 5) is 33.9. The predicted octanol–water partition coefficient (Wildman–Crippen LogP) is 4.61. The molecule has 2 aromatic heterocycles. The topological polar surface area (TPSA) is 91.0 Å². The maximum Gasteiger partial charge on any atom is 0.273 e. The largest absolute Gasteiger partial charge is 0.348 e. The number of hydrogen-bond donors (Lipinski definition) is 1. The van der Waals surface area contributed by atoms with Crippen LogP contribution in [0.5, 0.6) is 0 Å². The number of hydrogen-bond acceptors (Lipinski definition) is 6. The zero-order valence-electron chi connectivity index (χ0n) is 20.2. The number of aryl methyl sites for hydroxylation is 1. The molecule has 0 radical (unpaired) electrons. The third-order valence-electron chi connectivity index (χ3n) is 6.58. The maximum atomic E-state index is 13.7. The van der Waals surface area contributed by atoms with Crippen molar-refractivity contribution in [3.05, 3.63) is 92.1 Å². The highest BCUT2D eigenvalue weighted by Crippen LogP contribution is 2.27. The van der Waals surface area contributed by atoms with E-state index < -0.39 is 0 Å². The van der Waals surface area contributed by atoms with E-state index in [0.29, 0.717) is 33.8 Å². The number of nitrogens with zero attached hydrogens (tertiary/aromatic N) is 4. The summed E-state index contributed by atoms with van der Waals surface area (Å²) in [6, 6.07) is 17.6. The lowest BCUT2D eigenvalue weighted by Gasteiger charge is -2.29. The highest BCUT2D eigenvalue weighted by molar-refractivity contribution is 7.17. The minimum Gasteiger partial charge on any atom is -0.348 e. The van der Waals surface area contributed by atoms with Gasteiger partial charge in [-0.1, -0.05) is 48.0 Å². The van der Waals surface area contributed by atoms with E-state index in [0.717, 1.165) is 49.0 Å². The highest BCUT2D eigenvalue weighted by atomic mass is 32.1. The maximum absolute atomic E-state index is 13.7. The van der Waals surface area contributed by atoms with Crippen LogP contribution in [0.25, 0.3) is 10.2 Å². The average Bonchev–Trinajstić information content (AvgIpc) is 3.35. The number of amides is 1. The fraction of sp³-hybridized carbons (Fsp3) is 0.286. The third-order valence-corrected chi connectivity index (χ3v) is 7.54. The van der Waals surface area contributed by atoms with Crippen molar-refractivity contribution in [3.63, 3.8) is 0 Å². The molecule has 1 fully saturated rings. The standard InChI is InChI=1S/C28H27N5O2S/c1-19-9-11-20(12-10-19)16-30-26(34)23-18-36-25-24(23)31-28(32-13-5-2-6-14-32)33(27(25)35)17-22-8-4-3-7-21(22)15-29/h3-4,7-12,18H,2,5-6,13-14,16-17H2,1H3,(H,30,34). The number of fused-ring (bicyclic) bond motifs is 1. The molecule has 182 valence electrons. The molecule has 0 bridgehead atoms. The molecule has 0 aliphatic carbocycles. The number of rotatable bonds is 6. The monoisotopic (exact) mass is 497 g/mol. The van der Waals surface area contributed by atoms with Crippen LogP contribution in [-0.2, 0) is 13.1 Å². The van der Waals surface area contributed by atoms with Crippen LogP contribution in [0.3, 0.4) is 0 Å². The molecular weight excluding hydrogens is 470 g/mol. The SMILES string of the molecule is Cc1ccc(CNC(=O)c2csc3c(=O)n(Cc4ccccc4C#N)c(N4CCCCC4)nc23)cc1. The van der Waals surface area contributed by atoms with Crippen LogP contribution in [0, 0.1) is 18.3 Å². The van der Waals surface area contributed by atoms with Gasteiger partial charge in [-0.05, 0) is 43.4 Å². The van der Waals surface area contributed by atoms with E-state index >= 15 is 0 Å². The van der Waals surface area contributed by atoms with Crippen LogP contribution < -0.4 is 15.8 Å². The van der Waals surface area contributed by atoms with Gasteiger partial charge in [0, 0.05) is 25.0 Å². The van der Waals surface area contributed by atoms with Crippen LogP contribution in [0.15, 0.2) is 58.7 Å². The summed E-state index contributed by atoms with van der Waals surface area (Å²) < 4.78 is 2.11. The zero-order chi connectivity index (χ0) is 25.1. The summed E-state index contributed by atoms with van der Waals surface area (Å²) in [5.41, 5.74) is 4.16. The zero-order valence-corrected chi connectivity index (χ0v) is 21.0. The van der Waals surface area contributed by atoms with Crippen molar-refractivity contribution >= 4 is 33.4 Å². The Morgan fingerprint density at radius 3 is 2.61 bits per heavy atom. The van der Waals surface area contributed by atoms with Crippen molar-refractivity contribution in [3.8, 4) is 6.07 Å². The lowest BCUT2D eigenvalue weighted by atomic mass is 10.1. The van der Waals surface area contributed by atoms with Crippen molar-refractivity contribution in [2.75, 3.05) is 18.0 Å². The molecule has 7 nitrogen and oxygen atoms in total. The first-order chi connectivity index (χ1) is 17.5. The second-order valence-corrected chi connectivity index (χ2v) is 9.99. The normalized spacial score (nSPS) is 13.5. The Bertz CT molecular complexity index is 1510. The Hall–Kier alpha value is -3.96. The lowest BCUT2D eigenvalue weighted by molar-refractivity contribution is 0.0953. The third kappa shape index (κ3) is 4.75. The molecule has 0 atom stereocenters. The summed E-state index contributed by atoms with van der Waals surface area (Å²) >= 11 is 1.24. The van der Waals surface area contributed by atoms with Gasteiger partial charge in [-0.3, -0.25) is 14.2 Å². The number of nitrogens with one attached hydrogen (secondary N) is 1. The van der Waals surface area contributed by atoms with Gasteiger partial charge in [-0.25, -0.2) is 4.98 Å². The number of carbonyl (C=O) groups excluding carboxylic acids is 1. The van der Waals surface area contributed by atoms with E-state index in [9.17, 15) is 14.9 Å². The molecular formula is C28H27N5O2S. The summed E-state index contributed by atoms with van der Waals surface area (Å²) in [7, 11) is 0. The van der Waals surface area contributed by atoms with Gasteiger partial charge >= 0.3 is 0 Å². The number of thiophene rings is 1. The Labute approximate surface area is 213 Å². The summed E-state index contributed by atoms with van der Waals surface area (Å²) in [6.07, 6.45) is 3.19. The van der Waals surface area contributed by atoms with Crippen LogP contribution in [0.1, 0.15) is 51.9 Å². The molecule has 1 aliphatic rings. The van der Waals surface area contributed by atoms with Gasteiger partial charge in [-0.15, -0.1) is 11.3 Å². The average molecular weight is 498 g/mol. The number of nitriles is 1. The molecule has 5 rings (SSSR count). The molecule has 36 heavy (non-hydrogen) atoms. The molecule has 2 aromatic carbocycles. The van der Waals surface area contributed by atoms with Gasteiger partial charge in [0.1, 0.15) is 10.2 Å². The second-order valence-electron chi connectivity index (χ2n) is 9.12. The van der Waals surface area contributed by atoms with Crippen molar-refractivity contribution in [2.24, 2.45) is 0 Å². The first-order valence-corrected chi connectivity index (χ1v) is 13.0. The van der Waals surface area contributed by atoms with Gasteiger partial charge in [-0.2, -0.15) is 5.26 Å². The quantitative estimate of drug-likeness (QED) is 0.420. The number of piperidine rings is 1. The number of benzene rings is 2. The number of aromatic nitrogens is 2. The predicted molar refractivity (Wildman–Crippen MR) is 143 cm³/mol. The Morgan fingerprint density at radius 1 is 1.11 bits per heavy atom. The number of anilines is 1. The Morgan fingerprint density at radius 2 is 1.86 bits per heavy atom. The molecule has 0 spiro atoms. The van der Waals surface area contributed by atoms with E-state index in [1.807, 2.05) is 49.4 Å². The first kappa shape index (κ1) is 23.8. The van der Waals surface area contributed by atoms with E-state index in [4.69, 9.17) is 4.98 Å². The Balaban J connectivity index is 1.53. The van der Waals surface area contributed by atoms with Crippen molar-refractivity contribution in [2.45, 2.75) is 39.3 Å². The summed E-state index contributed by atoms with van der Waals surface area (Å²) in [5.74, 6) is 0.317. The highest BCUT2D eigenvalue weighted by Gasteiger charge is 2.24. The van der Waals surface area contributed by atoms with Gasteiger partial charge in [0.2, 0.25) is 5.95 Å². The smallest absolute Gasteiger partial charge is 0.273 e. The summed E-state index contributed by atoms with van der Waals surface area (Å²) in [6.45, 7) is 4.28.